The Bertz CT molecular complexity index is 1320. The van der Waals surface area contributed by atoms with Crippen LogP contribution in [0.4, 0.5) is 0 Å². The van der Waals surface area contributed by atoms with Gasteiger partial charge in [0.15, 0.2) is 0 Å². The molecule has 0 aliphatic heterocycles. The molecule has 1 aromatic heterocycles. The van der Waals surface area contributed by atoms with Crippen molar-refractivity contribution in [2.24, 2.45) is 0 Å². The third-order valence-corrected chi connectivity index (χ3v) is 6.05. The van der Waals surface area contributed by atoms with Crippen molar-refractivity contribution in [2.45, 2.75) is 32.9 Å². The molecule has 5 nitrogen and oxygen atoms in total. The zero-order valence-corrected chi connectivity index (χ0v) is 19.3. The summed E-state index contributed by atoms with van der Waals surface area (Å²) in [6.45, 7) is 6.02. The van der Waals surface area contributed by atoms with Gasteiger partial charge in [-0.05, 0) is 73.4 Å². The van der Waals surface area contributed by atoms with Gasteiger partial charge in [-0.2, -0.15) is 0 Å². The molecule has 0 radical (unpaired) electrons. The standard InChI is InChI=1S/C28H28N2O3/c1-17-12-13-21(15-24(17)28(31)32)25-16-27(30-26-11-6-5-10-23(25)26)19(3)29-18(2)20-8-7-9-22(14-20)33-4/h5-16,18-19,29H,1-4H3,(H,31,32)/t18-,19-/m1/s1. The maximum Gasteiger partial charge on any atom is 0.335 e. The number of para-hydroxylation sites is 1. The number of rotatable bonds is 7. The van der Waals surface area contributed by atoms with Crippen LogP contribution in [0.15, 0.2) is 72.8 Å². The van der Waals surface area contributed by atoms with Crippen LogP contribution in [-0.2, 0) is 0 Å². The quantitative estimate of drug-likeness (QED) is 0.351. The molecule has 4 rings (SSSR count). The van der Waals surface area contributed by atoms with Crippen LogP contribution in [0.3, 0.4) is 0 Å². The minimum Gasteiger partial charge on any atom is -0.497 e. The lowest BCUT2D eigenvalue weighted by Crippen LogP contribution is -2.23. The smallest absolute Gasteiger partial charge is 0.335 e. The number of carboxylic acids is 1. The summed E-state index contributed by atoms with van der Waals surface area (Å²) in [7, 11) is 1.67. The van der Waals surface area contributed by atoms with Gasteiger partial charge in [-0.3, -0.25) is 4.98 Å². The van der Waals surface area contributed by atoms with Gasteiger partial charge in [0.05, 0.1) is 23.9 Å². The summed E-state index contributed by atoms with van der Waals surface area (Å²) >= 11 is 0. The molecule has 33 heavy (non-hydrogen) atoms. The van der Waals surface area contributed by atoms with Crippen LogP contribution in [0.5, 0.6) is 5.75 Å². The monoisotopic (exact) mass is 440 g/mol. The van der Waals surface area contributed by atoms with Crippen LogP contribution in [0.1, 0.15) is 53.1 Å². The highest BCUT2D eigenvalue weighted by molar-refractivity contribution is 5.97. The van der Waals surface area contributed by atoms with Gasteiger partial charge in [-0.15, -0.1) is 0 Å². The molecule has 168 valence electrons. The Hall–Kier alpha value is -3.70. The van der Waals surface area contributed by atoms with Gasteiger partial charge in [-0.1, -0.05) is 42.5 Å². The Morgan fingerprint density at radius 3 is 2.52 bits per heavy atom. The third kappa shape index (κ3) is 4.73. The number of hydrogen-bond donors (Lipinski definition) is 2. The molecule has 2 N–H and O–H groups in total. The van der Waals surface area contributed by atoms with Crippen molar-refractivity contribution in [1.82, 2.24) is 10.3 Å². The normalized spacial score (nSPS) is 13.0. The number of fused-ring (bicyclic) bond motifs is 1. The number of aromatic carboxylic acids is 1. The van der Waals surface area contributed by atoms with E-state index in [1.165, 1.54) is 0 Å². The Labute approximate surface area is 194 Å². The number of hydrogen-bond acceptors (Lipinski definition) is 4. The molecule has 0 fully saturated rings. The average molecular weight is 441 g/mol. The number of aryl methyl sites for hydroxylation is 1. The van der Waals surface area contributed by atoms with Crippen molar-refractivity contribution >= 4 is 16.9 Å². The largest absolute Gasteiger partial charge is 0.497 e. The highest BCUT2D eigenvalue weighted by atomic mass is 16.5. The van der Waals surface area contributed by atoms with Gasteiger partial charge >= 0.3 is 5.97 Å². The summed E-state index contributed by atoms with van der Waals surface area (Å²) < 4.78 is 5.36. The Kier molecular flexibility index (Phi) is 6.43. The number of ether oxygens (including phenoxy) is 1. The lowest BCUT2D eigenvalue weighted by Gasteiger charge is -2.22. The van der Waals surface area contributed by atoms with Crippen molar-refractivity contribution in [1.29, 1.82) is 0 Å². The highest BCUT2D eigenvalue weighted by Crippen LogP contribution is 2.32. The zero-order chi connectivity index (χ0) is 23.5. The van der Waals surface area contributed by atoms with E-state index < -0.39 is 5.97 Å². The number of nitrogens with one attached hydrogen (secondary N) is 1. The third-order valence-electron chi connectivity index (χ3n) is 6.05. The summed E-state index contributed by atoms with van der Waals surface area (Å²) in [6.07, 6.45) is 0. The predicted octanol–water partition coefficient (Wildman–Crippen LogP) is 6.33. The fourth-order valence-corrected chi connectivity index (χ4v) is 4.14. The molecule has 0 saturated heterocycles. The topological polar surface area (TPSA) is 71.5 Å². The zero-order valence-electron chi connectivity index (χ0n) is 19.3. The predicted molar refractivity (Wildman–Crippen MR) is 132 cm³/mol. The van der Waals surface area contributed by atoms with E-state index in [1.54, 1.807) is 13.2 Å². The number of carboxylic acid groups (broad SMARTS) is 1. The first-order valence-corrected chi connectivity index (χ1v) is 11.0. The number of pyridine rings is 1. The summed E-state index contributed by atoms with van der Waals surface area (Å²) in [5.41, 5.74) is 5.80. The molecule has 0 aliphatic rings. The highest BCUT2D eigenvalue weighted by Gasteiger charge is 2.17. The number of nitrogens with zero attached hydrogens (tertiary/aromatic N) is 1. The first kappa shape index (κ1) is 22.5. The Balaban J connectivity index is 1.73. The molecular formula is C28H28N2O3. The van der Waals surface area contributed by atoms with Crippen LogP contribution in [0.25, 0.3) is 22.0 Å². The van der Waals surface area contributed by atoms with E-state index in [9.17, 15) is 9.90 Å². The second-order valence-corrected chi connectivity index (χ2v) is 8.33. The molecule has 4 aromatic rings. The summed E-state index contributed by atoms with van der Waals surface area (Å²) in [4.78, 5) is 16.6. The lowest BCUT2D eigenvalue weighted by atomic mass is 9.95. The fourth-order valence-electron chi connectivity index (χ4n) is 4.14. The van der Waals surface area contributed by atoms with Crippen LogP contribution in [-0.4, -0.2) is 23.2 Å². The van der Waals surface area contributed by atoms with Gasteiger partial charge in [0, 0.05) is 17.5 Å². The lowest BCUT2D eigenvalue weighted by molar-refractivity contribution is 0.0696. The molecule has 1 heterocycles. The Morgan fingerprint density at radius 2 is 1.76 bits per heavy atom. The van der Waals surface area contributed by atoms with Crippen LogP contribution >= 0.6 is 0 Å². The van der Waals surface area contributed by atoms with E-state index in [4.69, 9.17) is 9.72 Å². The summed E-state index contributed by atoms with van der Waals surface area (Å²) in [5.74, 6) is -0.0939. The maximum absolute atomic E-state index is 11.7. The van der Waals surface area contributed by atoms with Gasteiger partial charge in [0.2, 0.25) is 0 Å². The van der Waals surface area contributed by atoms with E-state index in [2.05, 4.69) is 31.3 Å². The van der Waals surface area contributed by atoms with Crippen LogP contribution in [0, 0.1) is 6.92 Å². The van der Waals surface area contributed by atoms with Crippen LogP contribution in [0.2, 0.25) is 0 Å². The van der Waals surface area contributed by atoms with E-state index >= 15 is 0 Å². The summed E-state index contributed by atoms with van der Waals surface area (Å²) in [5, 5.41) is 14.2. The number of carbonyl (C=O) groups is 1. The van der Waals surface area contributed by atoms with E-state index in [-0.39, 0.29) is 12.1 Å². The number of aromatic nitrogens is 1. The fraction of sp³-hybridized carbons (Fsp3) is 0.214. The number of methoxy groups -OCH3 is 1. The molecule has 0 amide bonds. The van der Waals surface area contributed by atoms with E-state index in [0.29, 0.717) is 5.56 Å². The van der Waals surface area contributed by atoms with Crippen molar-refractivity contribution in [3.63, 3.8) is 0 Å². The number of benzene rings is 3. The average Bonchev–Trinajstić information content (AvgIpc) is 2.83. The molecule has 5 heteroatoms. The van der Waals surface area contributed by atoms with Gasteiger partial charge < -0.3 is 15.2 Å². The Morgan fingerprint density at radius 1 is 0.970 bits per heavy atom. The molecule has 0 bridgehead atoms. The molecular weight excluding hydrogens is 412 g/mol. The molecule has 2 atom stereocenters. The molecule has 0 unspecified atom stereocenters. The van der Waals surface area contributed by atoms with Crippen molar-refractivity contribution < 1.29 is 14.6 Å². The van der Waals surface area contributed by atoms with Crippen molar-refractivity contribution in [3.05, 3.63) is 95.2 Å². The van der Waals surface area contributed by atoms with Gasteiger partial charge in [-0.25, -0.2) is 4.79 Å². The SMILES string of the molecule is COc1cccc([C@@H](C)N[C@H](C)c2cc(-c3ccc(C)c(C(=O)O)c3)c3ccccc3n2)c1. The molecule has 0 spiro atoms. The molecule has 3 aromatic carbocycles. The summed E-state index contributed by atoms with van der Waals surface area (Å²) in [6, 6.07) is 23.7. The maximum atomic E-state index is 11.7. The van der Waals surface area contributed by atoms with Gasteiger partial charge in [0.25, 0.3) is 0 Å². The molecule has 0 aliphatic carbocycles. The minimum absolute atomic E-state index is 0.0288. The first-order chi connectivity index (χ1) is 15.9. The van der Waals surface area contributed by atoms with E-state index in [0.717, 1.165) is 44.6 Å². The van der Waals surface area contributed by atoms with Gasteiger partial charge in [0.1, 0.15) is 5.75 Å². The molecule has 0 saturated carbocycles. The second kappa shape index (κ2) is 9.43. The second-order valence-electron chi connectivity index (χ2n) is 8.33. The van der Waals surface area contributed by atoms with Crippen molar-refractivity contribution in [3.8, 4) is 16.9 Å². The minimum atomic E-state index is -0.921. The first-order valence-electron chi connectivity index (χ1n) is 11.0. The van der Waals surface area contributed by atoms with Crippen LogP contribution < -0.4 is 10.1 Å². The van der Waals surface area contributed by atoms with E-state index in [1.807, 2.05) is 61.5 Å². The van der Waals surface area contributed by atoms with Crippen molar-refractivity contribution in [2.75, 3.05) is 7.11 Å².